The van der Waals surface area contributed by atoms with Crippen LogP contribution in [0.1, 0.15) is 50.9 Å². The van der Waals surface area contributed by atoms with Crippen molar-refractivity contribution in [3.8, 4) is 10.7 Å². The molecule has 9 nitrogen and oxygen atoms in total. The maximum Gasteiger partial charge on any atom is 0.291 e. The number of piperazine rings is 1. The molecule has 35 heavy (non-hydrogen) atoms. The van der Waals surface area contributed by atoms with Crippen molar-refractivity contribution < 1.29 is 17.2 Å². The number of halogens is 2. The van der Waals surface area contributed by atoms with Crippen LogP contribution in [-0.4, -0.2) is 59.3 Å². The van der Waals surface area contributed by atoms with Gasteiger partial charge in [-0.2, -0.15) is 0 Å². The monoisotopic (exact) mass is 523 g/mol. The average molecular weight is 524 g/mol. The zero-order chi connectivity index (χ0) is 25.1. The van der Waals surface area contributed by atoms with Crippen LogP contribution in [0.2, 0.25) is 0 Å². The number of rotatable bonds is 6. The highest BCUT2D eigenvalue weighted by Gasteiger charge is 2.41. The fourth-order valence-corrected chi connectivity index (χ4v) is 6.69. The van der Waals surface area contributed by atoms with Gasteiger partial charge in [-0.25, -0.2) is 31.9 Å². The molecule has 2 aliphatic rings. The first-order valence-corrected chi connectivity index (χ1v) is 13.7. The fraction of sp³-hybridized carbons (Fsp3) is 0.545. The van der Waals surface area contributed by atoms with E-state index in [2.05, 4.69) is 49.0 Å². The second kappa shape index (κ2) is 8.64. The number of hydrogen-bond donors (Lipinski definition) is 2. The normalized spacial score (nSPS) is 22.2. The summed E-state index contributed by atoms with van der Waals surface area (Å²) in [7, 11) is -3.85. The lowest BCUT2D eigenvalue weighted by molar-refractivity contribution is 0.150. The average Bonchev–Trinajstić information content (AvgIpc) is 3.27. The highest BCUT2D eigenvalue weighted by molar-refractivity contribution is 7.89. The molecule has 2 fully saturated rings. The van der Waals surface area contributed by atoms with E-state index in [1.807, 2.05) is 6.92 Å². The smallest absolute Gasteiger partial charge is 0.291 e. The van der Waals surface area contributed by atoms with Crippen LogP contribution in [0.3, 0.4) is 0 Å². The number of benzene rings is 1. The molecular weight excluding hydrogens is 496 g/mol. The van der Waals surface area contributed by atoms with Crippen molar-refractivity contribution in [3.63, 3.8) is 0 Å². The van der Waals surface area contributed by atoms with Crippen molar-refractivity contribution >= 4 is 38.0 Å². The van der Waals surface area contributed by atoms with Gasteiger partial charge in [0.05, 0.1) is 16.1 Å². The van der Waals surface area contributed by atoms with Crippen molar-refractivity contribution in [2.24, 2.45) is 0 Å². The van der Waals surface area contributed by atoms with Gasteiger partial charge in [-0.05, 0) is 52.7 Å². The summed E-state index contributed by atoms with van der Waals surface area (Å²) in [5.41, 5.74) is 1.06. The Balaban J connectivity index is 1.74. The predicted octanol–water partition coefficient (Wildman–Crippen LogP) is 3.41. The molecule has 1 aliphatic carbocycles. The van der Waals surface area contributed by atoms with Gasteiger partial charge in [0, 0.05) is 36.1 Å². The molecule has 1 saturated heterocycles. The number of anilines is 1. The summed E-state index contributed by atoms with van der Waals surface area (Å²) in [5, 5.41) is 11.2. The third-order valence-electron chi connectivity index (χ3n) is 6.28. The minimum Gasteiger partial charge on any atom is -0.367 e. The Kier molecular flexibility index (Phi) is 6.01. The van der Waals surface area contributed by atoms with Gasteiger partial charge in [0.25, 0.3) is 6.43 Å². The number of alkyl halides is 2. The van der Waals surface area contributed by atoms with Crippen LogP contribution in [0.25, 0.3) is 21.6 Å². The SMILES string of the molecule is Cc1nc(-c2nnc(C(F)F)s2)c2cc(S(=O)(=O)NC3(C)CC3)cc(N3C[C@@H](C)N[C@@H](C)C3)c2n1. The van der Waals surface area contributed by atoms with Gasteiger partial charge in [-0.1, -0.05) is 11.3 Å². The summed E-state index contributed by atoms with van der Waals surface area (Å²) in [4.78, 5) is 11.3. The van der Waals surface area contributed by atoms with Crippen molar-refractivity contribution in [2.45, 2.75) is 69.5 Å². The third-order valence-corrected chi connectivity index (χ3v) is 8.84. The third kappa shape index (κ3) is 4.86. The molecule has 0 unspecified atom stereocenters. The molecule has 0 spiro atoms. The first-order valence-electron chi connectivity index (χ1n) is 11.4. The van der Waals surface area contributed by atoms with E-state index in [1.54, 1.807) is 13.0 Å². The minimum absolute atomic E-state index is 0.0827. The summed E-state index contributed by atoms with van der Waals surface area (Å²) in [6, 6.07) is 3.52. The molecule has 0 radical (unpaired) electrons. The molecule has 188 valence electrons. The van der Waals surface area contributed by atoms with Gasteiger partial charge in [0.15, 0.2) is 10.0 Å². The maximum absolute atomic E-state index is 13.4. The molecule has 0 bridgehead atoms. The molecule has 3 aromatic rings. The van der Waals surface area contributed by atoms with E-state index >= 15 is 0 Å². The zero-order valence-electron chi connectivity index (χ0n) is 19.8. The van der Waals surface area contributed by atoms with E-state index in [1.165, 1.54) is 6.07 Å². The number of sulfonamides is 1. The fourth-order valence-electron chi connectivity index (χ4n) is 4.47. The Morgan fingerprint density at radius 3 is 2.46 bits per heavy atom. The van der Waals surface area contributed by atoms with Crippen molar-refractivity contribution in [1.29, 1.82) is 0 Å². The predicted molar refractivity (Wildman–Crippen MR) is 130 cm³/mol. The summed E-state index contributed by atoms with van der Waals surface area (Å²) in [6.45, 7) is 9.03. The first kappa shape index (κ1) is 24.3. The lowest BCUT2D eigenvalue weighted by Crippen LogP contribution is -2.54. The summed E-state index contributed by atoms with van der Waals surface area (Å²) >= 11 is 0.742. The molecule has 13 heteroatoms. The number of hydrogen-bond acceptors (Lipinski definition) is 9. The van der Waals surface area contributed by atoms with Crippen molar-refractivity contribution in [2.75, 3.05) is 18.0 Å². The molecule has 2 atom stereocenters. The molecule has 0 amide bonds. The first-order chi connectivity index (χ1) is 16.4. The Labute approximate surface area is 206 Å². The topological polar surface area (TPSA) is 113 Å². The van der Waals surface area contributed by atoms with Crippen LogP contribution in [-0.2, 0) is 10.0 Å². The zero-order valence-corrected chi connectivity index (χ0v) is 21.5. The van der Waals surface area contributed by atoms with Crippen LogP contribution in [0.5, 0.6) is 0 Å². The Bertz CT molecular complexity index is 1380. The Morgan fingerprint density at radius 1 is 1.17 bits per heavy atom. The van der Waals surface area contributed by atoms with Crippen LogP contribution >= 0.6 is 11.3 Å². The van der Waals surface area contributed by atoms with Crippen LogP contribution < -0.4 is 14.9 Å². The van der Waals surface area contributed by atoms with Crippen molar-refractivity contribution in [1.82, 2.24) is 30.2 Å². The maximum atomic E-state index is 13.4. The van der Waals surface area contributed by atoms with Crippen LogP contribution in [0, 0.1) is 6.92 Å². The summed E-state index contributed by atoms with van der Waals surface area (Å²) in [5.74, 6) is 0.429. The van der Waals surface area contributed by atoms with Gasteiger partial charge in [-0.15, -0.1) is 10.2 Å². The molecular formula is C22H27F2N7O2S2. The van der Waals surface area contributed by atoms with Gasteiger partial charge in [0.2, 0.25) is 10.0 Å². The van der Waals surface area contributed by atoms with E-state index in [0.717, 1.165) is 24.2 Å². The van der Waals surface area contributed by atoms with E-state index in [9.17, 15) is 17.2 Å². The quantitative estimate of drug-likeness (QED) is 0.506. The molecule has 5 rings (SSSR count). The molecule has 2 N–H and O–H groups in total. The lowest BCUT2D eigenvalue weighted by Gasteiger charge is -2.38. The second-order valence-electron chi connectivity index (χ2n) is 9.74. The van der Waals surface area contributed by atoms with Gasteiger partial charge >= 0.3 is 0 Å². The van der Waals surface area contributed by atoms with Gasteiger partial charge < -0.3 is 10.2 Å². The molecule has 2 aromatic heterocycles. The molecule has 1 aliphatic heterocycles. The Hall–Kier alpha value is -2.35. The number of nitrogens with zero attached hydrogens (tertiary/aromatic N) is 5. The standard InChI is InChI=1S/C22H27F2N7O2S2/c1-11-9-31(10-12(2)25-11)16-8-14(35(32,33)30-22(4)5-6-22)7-15-17(16)26-13(3)27-18(15)20-28-29-21(34-20)19(23)24/h7-8,11-12,19,25,30H,5-6,9-10H2,1-4H3/t11-,12+. The van der Waals surface area contributed by atoms with E-state index in [-0.39, 0.29) is 22.0 Å². The second-order valence-corrected chi connectivity index (χ2v) is 12.4. The highest BCUT2D eigenvalue weighted by atomic mass is 32.2. The van der Waals surface area contributed by atoms with E-state index < -0.39 is 27.0 Å². The minimum atomic E-state index is -3.85. The number of aromatic nitrogens is 4. The molecule has 1 saturated carbocycles. The number of aryl methyl sites for hydroxylation is 1. The van der Waals surface area contributed by atoms with Gasteiger partial charge in [0.1, 0.15) is 11.5 Å². The summed E-state index contributed by atoms with van der Waals surface area (Å²) in [6.07, 6.45) is -1.21. The largest absolute Gasteiger partial charge is 0.367 e. The van der Waals surface area contributed by atoms with E-state index in [4.69, 9.17) is 0 Å². The Morgan fingerprint density at radius 2 is 1.86 bits per heavy atom. The highest BCUT2D eigenvalue weighted by Crippen LogP contribution is 2.39. The van der Waals surface area contributed by atoms with Crippen molar-refractivity contribution in [3.05, 3.63) is 23.0 Å². The van der Waals surface area contributed by atoms with Crippen LogP contribution in [0.15, 0.2) is 17.0 Å². The van der Waals surface area contributed by atoms with Crippen LogP contribution in [0.4, 0.5) is 14.5 Å². The molecule has 3 heterocycles. The summed E-state index contributed by atoms with van der Waals surface area (Å²) < 4.78 is 56.0. The lowest BCUT2D eigenvalue weighted by atomic mass is 10.1. The van der Waals surface area contributed by atoms with E-state index in [0.29, 0.717) is 41.2 Å². The molecule has 1 aromatic carbocycles. The van der Waals surface area contributed by atoms with Gasteiger partial charge in [-0.3, -0.25) is 0 Å². The number of nitrogens with one attached hydrogen (secondary N) is 2. The number of fused-ring (bicyclic) bond motifs is 1.